The Kier molecular flexibility index (Phi) is 6.76. The number of aromatic nitrogens is 5. The molecule has 0 aliphatic heterocycles. The highest BCUT2D eigenvalue weighted by molar-refractivity contribution is 9.10. The third kappa shape index (κ3) is 5.32. The maximum Gasteiger partial charge on any atom is 0.433 e. The van der Waals surface area contributed by atoms with Crippen LogP contribution in [-0.2, 0) is 12.9 Å². The molecule has 0 saturated heterocycles. The quantitative estimate of drug-likeness (QED) is 0.264. The van der Waals surface area contributed by atoms with Gasteiger partial charge >= 0.3 is 6.18 Å². The number of nitrogens with zero attached hydrogens (tertiary/aromatic N) is 5. The molecule has 1 N–H and O–H groups in total. The molecule has 194 valence electrons. The normalized spacial score (nSPS) is 11.5. The summed E-state index contributed by atoms with van der Waals surface area (Å²) in [5, 5.41) is 10.5. The van der Waals surface area contributed by atoms with Crippen LogP contribution in [0.4, 0.5) is 18.9 Å². The Balaban J connectivity index is 1.40. The SMILES string of the molecule is COc1ccc(-c2cc(C(F)(F)F)n3ncc(C(=O)Nc4cnn(COc5ccc(Br)cc5)c4)c3n2)cc1. The molecule has 1 amide bonds. The number of anilines is 1. The standard InChI is InChI=1S/C25H18BrF3N6O3/c1-37-18-6-2-15(3-7-18)21-10-22(25(27,28)29)35-23(33-21)20(12-31-35)24(36)32-17-11-30-34(13-17)14-38-19-8-4-16(26)5-9-19/h2-13H,14H2,1H3,(H,32,36). The summed E-state index contributed by atoms with van der Waals surface area (Å²) in [4.78, 5) is 17.4. The van der Waals surface area contributed by atoms with Crippen LogP contribution in [0.5, 0.6) is 11.5 Å². The Morgan fingerprint density at radius 2 is 1.74 bits per heavy atom. The van der Waals surface area contributed by atoms with E-state index in [0.717, 1.165) is 16.7 Å². The summed E-state index contributed by atoms with van der Waals surface area (Å²) in [5.74, 6) is 0.471. The van der Waals surface area contributed by atoms with Crippen molar-refractivity contribution in [2.45, 2.75) is 12.9 Å². The van der Waals surface area contributed by atoms with Gasteiger partial charge < -0.3 is 14.8 Å². The fourth-order valence-corrected chi connectivity index (χ4v) is 3.87. The van der Waals surface area contributed by atoms with Crippen molar-refractivity contribution < 1.29 is 27.4 Å². The Labute approximate surface area is 221 Å². The molecule has 0 aliphatic rings. The van der Waals surface area contributed by atoms with E-state index in [1.54, 1.807) is 36.4 Å². The van der Waals surface area contributed by atoms with Crippen LogP contribution in [0.2, 0.25) is 0 Å². The number of hydrogen-bond donors (Lipinski definition) is 1. The van der Waals surface area contributed by atoms with Crippen LogP contribution in [0.15, 0.2) is 77.7 Å². The largest absolute Gasteiger partial charge is 0.497 e. The summed E-state index contributed by atoms with van der Waals surface area (Å²) >= 11 is 3.35. The monoisotopic (exact) mass is 586 g/mol. The van der Waals surface area contributed by atoms with E-state index >= 15 is 0 Å². The predicted octanol–water partition coefficient (Wildman–Crippen LogP) is 5.67. The van der Waals surface area contributed by atoms with Crippen molar-refractivity contribution in [3.63, 3.8) is 0 Å². The predicted molar refractivity (Wildman–Crippen MR) is 135 cm³/mol. The summed E-state index contributed by atoms with van der Waals surface area (Å²) in [5.41, 5.74) is -0.682. The van der Waals surface area contributed by atoms with Crippen molar-refractivity contribution in [1.82, 2.24) is 24.4 Å². The molecule has 2 aromatic carbocycles. The average Bonchev–Trinajstić information content (AvgIpc) is 3.54. The molecule has 0 spiro atoms. The second-order valence-electron chi connectivity index (χ2n) is 8.00. The Bertz CT molecular complexity index is 1600. The molecular formula is C25H18BrF3N6O3. The van der Waals surface area contributed by atoms with Gasteiger partial charge in [0.2, 0.25) is 0 Å². The minimum absolute atomic E-state index is 0.0277. The topological polar surface area (TPSA) is 95.6 Å². The summed E-state index contributed by atoms with van der Waals surface area (Å²) < 4.78 is 55.3. The number of fused-ring (bicyclic) bond motifs is 1. The molecule has 3 heterocycles. The summed E-state index contributed by atoms with van der Waals surface area (Å²) in [6, 6.07) is 14.5. The smallest absolute Gasteiger partial charge is 0.433 e. The van der Waals surface area contributed by atoms with Crippen molar-refractivity contribution in [2.75, 3.05) is 12.4 Å². The molecule has 0 radical (unpaired) electrons. The van der Waals surface area contributed by atoms with Crippen LogP contribution in [0.25, 0.3) is 16.9 Å². The second-order valence-corrected chi connectivity index (χ2v) is 8.91. The highest BCUT2D eigenvalue weighted by atomic mass is 79.9. The lowest BCUT2D eigenvalue weighted by molar-refractivity contribution is -0.142. The van der Waals surface area contributed by atoms with Crippen LogP contribution in [0.1, 0.15) is 16.1 Å². The molecule has 0 aliphatic carbocycles. The first-order chi connectivity index (χ1) is 18.2. The number of carbonyl (C=O) groups is 1. The lowest BCUT2D eigenvalue weighted by Gasteiger charge is -2.12. The Morgan fingerprint density at radius 3 is 2.42 bits per heavy atom. The van der Waals surface area contributed by atoms with Gasteiger partial charge in [-0.15, -0.1) is 0 Å². The molecule has 0 saturated carbocycles. The van der Waals surface area contributed by atoms with Crippen molar-refractivity contribution in [1.29, 1.82) is 0 Å². The van der Waals surface area contributed by atoms with E-state index in [-0.39, 0.29) is 23.6 Å². The number of benzene rings is 2. The van der Waals surface area contributed by atoms with E-state index in [1.165, 1.54) is 24.2 Å². The number of nitrogens with one attached hydrogen (secondary N) is 1. The van der Waals surface area contributed by atoms with Gasteiger partial charge in [0.25, 0.3) is 5.91 Å². The third-order valence-corrected chi connectivity index (χ3v) is 5.99. The number of alkyl halides is 3. The van der Waals surface area contributed by atoms with Gasteiger partial charge in [0.1, 0.15) is 17.1 Å². The number of ether oxygens (including phenoxy) is 2. The molecule has 5 aromatic rings. The van der Waals surface area contributed by atoms with Gasteiger partial charge in [-0.1, -0.05) is 15.9 Å². The maximum absolute atomic E-state index is 13.9. The molecular weight excluding hydrogens is 569 g/mol. The maximum atomic E-state index is 13.9. The average molecular weight is 587 g/mol. The first-order valence-electron chi connectivity index (χ1n) is 11.0. The molecule has 0 unspecified atom stereocenters. The fourth-order valence-electron chi connectivity index (χ4n) is 3.60. The highest BCUT2D eigenvalue weighted by Gasteiger charge is 2.36. The van der Waals surface area contributed by atoms with Crippen LogP contribution >= 0.6 is 15.9 Å². The molecule has 3 aromatic heterocycles. The van der Waals surface area contributed by atoms with Gasteiger partial charge in [-0.05, 0) is 54.6 Å². The molecule has 38 heavy (non-hydrogen) atoms. The number of carbonyl (C=O) groups excluding carboxylic acids is 1. The van der Waals surface area contributed by atoms with E-state index in [2.05, 4.69) is 36.4 Å². The van der Waals surface area contributed by atoms with Gasteiger partial charge in [-0.3, -0.25) is 4.79 Å². The van der Waals surface area contributed by atoms with Crippen LogP contribution in [-0.4, -0.2) is 37.4 Å². The lowest BCUT2D eigenvalue weighted by Crippen LogP contribution is -2.15. The molecule has 0 bridgehead atoms. The van der Waals surface area contributed by atoms with Gasteiger partial charge in [-0.2, -0.15) is 23.4 Å². The minimum Gasteiger partial charge on any atom is -0.497 e. The van der Waals surface area contributed by atoms with Gasteiger partial charge in [0.15, 0.2) is 18.1 Å². The van der Waals surface area contributed by atoms with Gasteiger partial charge in [0, 0.05) is 10.0 Å². The Hall–Kier alpha value is -4.39. The minimum atomic E-state index is -4.74. The number of methoxy groups -OCH3 is 1. The number of amides is 1. The van der Waals surface area contributed by atoms with Crippen molar-refractivity contribution in [2.24, 2.45) is 0 Å². The molecule has 0 atom stereocenters. The van der Waals surface area contributed by atoms with Crippen LogP contribution in [0.3, 0.4) is 0 Å². The molecule has 0 fully saturated rings. The summed E-state index contributed by atoms with van der Waals surface area (Å²) in [6.45, 7) is 0.0793. The van der Waals surface area contributed by atoms with Crippen LogP contribution in [0, 0.1) is 0 Å². The molecule has 9 nitrogen and oxygen atoms in total. The lowest BCUT2D eigenvalue weighted by atomic mass is 10.1. The fraction of sp³-hybridized carbons (Fsp3) is 0.120. The van der Waals surface area contributed by atoms with E-state index in [1.807, 2.05) is 12.1 Å². The number of halogens is 4. The van der Waals surface area contributed by atoms with Crippen molar-refractivity contribution in [3.05, 3.63) is 88.9 Å². The van der Waals surface area contributed by atoms with Crippen molar-refractivity contribution in [3.8, 4) is 22.8 Å². The third-order valence-electron chi connectivity index (χ3n) is 5.46. The van der Waals surface area contributed by atoms with E-state index < -0.39 is 17.8 Å². The zero-order valence-corrected chi connectivity index (χ0v) is 21.2. The second kappa shape index (κ2) is 10.2. The zero-order valence-electron chi connectivity index (χ0n) is 19.6. The Morgan fingerprint density at radius 1 is 1.03 bits per heavy atom. The molecule has 5 rings (SSSR count). The summed E-state index contributed by atoms with van der Waals surface area (Å²) in [6.07, 6.45) is -0.768. The van der Waals surface area contributed by atoms with Gasteiger partial charge in [-0.25, -0.2) is 14.2 Å². The first kappa shape index (κ1) is 25.3. The van der Waals surface area contributed by atoms with E-state index in [4.69, 9.17) is 9.47 Å². The van der Waals surface area contributed by atoms with Crippen LogP contribution < -0.4 is 14.8 Å². The summed E-state index contributed by atoms with van der Waals surface area (Å²) in [7, 11) is 1.48. The molecule has 13 heteroatoms. The number of hydrogen-bond acceptors (Lipinski definition) is 6. The zero-order chi connectivity index (χ0) is 26.9. The first-order valence-corrected chi connectivity index (χ1v) is 11.8. The highest BCUT2D eigenvalue weighted by Crippen LogP contribution is 2.33. The van der Waals surface area contributed by atoms with E-state index in [0.29, 0.717) is 27.3 Å². The van der Waals surface area contributed by atoms with E-state index in [9.17, 15) is 18.0 Å². The van der Waals surface area contributed by atoms with Gasteiger partial charge in [0.05, 0.1) is 37.1 Å². The number of rotatable bonds is 7. The van der Waals surface area contributed by atoms with Crippen molar-refractivity contribution >= 4 is 33.2 Å².